The first-order chi connectivity index (χ1) is 10.1. The standard InChI is InChI=1S/C14H18N2O5/c1-3-21-13(18)11-8-15-14(19)16(12(11)17)9-4-6-10(20-2)7-5-9/h4-8,12,14-15,17,19H,3H2,1-2H3. The third kappa shape index (κ3) is 3.09. The van der Waals surface area contributed by atoms with E-state index in [1.54, 1.807) is 38.3 Å². The van der Waals surface area contributed by atoms with E-state index in [4.69, 9.17) is 9.47 Å². The molecule has 2 atom stereocenters. The topological polar surface area (TPSA) is 91.3 Å². The summed E-state index contributed by atoms with van der Waals surface area (Å²) in [6, 6.07) is 6.72. The summed E-state index contributed by atoms with van der Waals surface area (Å²) in [7, 11) is 1.54. The van der Waals surface area contributed by atoms with Crippen molar-refractivity contribution < 1.29 is 24.5 Å². The maximum atomic E-state index is 11.8. The van der Waals surface area contributed by atoms with E-state index in [2.05, 4.69) is 5.32 Å². The smallest absolute Gasteiger partial charge is 0.340 e. The molecule has 1 aromatic carbocycles. The lowest BCUT2D eigenvalue weighted by Crippen LogP contribution is -2.55. The van der Waals surface area contributed by atoms with Crippen LogP contribution in [0.25, 0.3) is 0 Å². The molecular formula is C14H18N2O5. The molecular weight excluding hydrogens is 276 g/mol. The van der Waals surface area contributed by atoms with Gasteiger partial charge in [-0.2, -0.15) is 0 Å². The largest absolute Gasteiger partial charge is 0.497 e. The van der Waals surface area contributed by atoms with Gasteiger partial charge in [-0.05, 0) is 31.2 Å². The molecule has 1 aliphatic rings. The summed E-state index contributed by atoms with van der Waals surface area (Å²) in [5.74, 6) is 0.0109. The molecule has 0 fully saturated rings. The Labute approximate surface area is 122 Å². The first-order valence-corrected chi connectivity index (χ1v) is 6.50. The average Bonchev–Trinajstić information content (AvgIpc) is 2.48. The molecule has 1 aromatic rings. The number of ether oxygens (including phenoxy) is 2. The van der Waals surface area contributed by atoms with Gasteiger partial charge in [-0.25, -0.2) is 4.79 Å². The van der Waals surface area contributed by atoms with Crippen molar-refractivity contribution in [2.75, 3.05) is 18.6 Å². The number of methoxy groups -OCH3 is 1. The van der Waals surface area contributed by atoms with E-state index in [1.807, 2.05) is 0 Å². The fourth-order valence-electron chi connectivity index (χ4n) is 2.02. The summed E-state index contributed by atoms with van der Waals surface area (Å²) in [6.45, 7) is 1.88. The molecule has 7 nitrogen and oxygen atoms in total. The molecule has 0 saturated heterocycles. The minimum atomic E-state index is -1.31. The summed E-state index contributed by atoms with van der Waals surface area (Å²) >= 11 is 0. The van der Waals surface area contributed by atoms with Gasteiger partial charge in [0, 0.05) is 11.9 Å². The number of carbonyl (C=O) groups excluding carboxylic acids is 1. The number of benzene rings is 1. The van der Waals surface area contributed by atoms with Crippen LogP contribution < -0.4 is 15.0 Å². The van der Waals surface area contributed by atoms with Crippen molar-refractivity contribution >= 4 is 11.7 Å². The summed E-state index contributed by atoms with van der Waals surface area (Å²) in [5.41, 5.74) is 0.552. The first-order valence-electron chi connectivity index (χ1n) is 6.50. The lowest BCUT2D eigenvalue weighted by atomic mass is 10.1. The first kappa shape index (κ1) is 15.1. The lowest BCUT2D eigenvalue weighted by molar-refractivity contribution is -0.140. The molecule has 21 heavy (non-hydrogen) atoms. The van der Waals surface area contributed by atoms with Crippen LogP contribution in [0.4, 0.5) is 5.69 Å². The Morgan fingerprint density at radius 2 is 2.00 bits per heavy atom. The number of rotatable bonds is 4. The van der Waals surface area contributed by atoms with Crippen LogP contribution in [0, 0.1) is 0 Å². The van der Waals surface area contributed by atoms with E-state index >= 15 is 0 Å². The Morgan fingerprint density at radius 1 is 1.33 bits per heavy atom. The Morgan fingerprint density at radius 3 is 2.57 bits per heavy atom. The van der Waals surface area contributed by atoms with Gasteiger partial charge >= 0.3 is 5.97 Å². The van der Waals surface area contributed by atoms with Crippen LogP contribution >= 0.6 is 0 Å². The zero-order valence-electron chi connectivity index (χ0n) is 11.8. The number of nitrogens with zero attached hydrogens (tertiary/aromatic N) is 1. The van der Waals surface area contributed by atoms with Gasteiger partial charge in [-0.15, -0.1) is 0 Å². The van der Waals surface area contributed by atoms with Crippen molar-refractivity contribution in [1.82, 2.24) is 5.32 Å². The number of carbonyl (C=O) groups is 1. The fraction of sp³-hybridized carbons (Fsp3) is 0.357. The zero-order valence-corrected chi connectivity index (χ0v) is 11.8. The highest BCUT2D eigenvalue weighted by Crippen LogP contribution is 2.26. The number of esters is 1. The van der Waals surface area contributed by atoms with Crippen LogP contribution in [-0.2, 0) is 9.53 Å². The predicted molar refractivity (Wildman–Crippen MR) is 75.3 cm³/mol. The molecule has 3 N–H and O–H groups in total. The van der Waals surface area contributed by atoms with Gasteiger partial charge < -0.3 is 25.0 Å². The Kier molecular flexibility index (Phi) is 4.66. The monoisotopic (exact) mass is 294 g/mol. The second kappa shape index (κ2) is 6.47. The number of hydrogen-bond donors (Lipinski definition) is 3. The van der Waals surface area contributed by atoms with E-state index in [0.29, 0.717) is 11.4 Å². The summed E-state index contributed by atoms with van der Waals surface area (Å²) < 4.78 is 9.93. The van der Waals surface area contributed by atoms with Gasteiger partial charge in [-0.1, -0.05) is 0 Å². The van der Waals surface area contributed by atoms with Crippen LogP contribution in [0.15, 0.2) is 36.0 Å². The maximum absolute atomic E-state index is 11.8. The van der Waals surface area contributed by atoms with Crippen molar-refractivity contribution in [3.8, 4) is 5.75 Å². The normalized spacial score (nSPS) is 21.3. The van der Waals surface area contributed by atoms with Gasteiger partial charge in [0.1, 0.15) is 11.3 Å². The Bertz CT molecular complexity index is 529. The molecule has 7 heteroatoms. The van der Waals surface area contributed by atoms with Crippen molar-refractivity contribution in [2.24, 2.45) is 0 Å². The molecule has 1 aliphatic heterocycles. The van der Waals surface area contributed by atoms with E-state index in [9.17, 15) is 15.0 Å². The number of hydrogen-bond acceptors (Lipinski definition) is 7. The van der Waals surface area contributed by atoms with E-state index in [0.717, 1.165) is 0 Å². The van der Waals surface area contributed by atoms with Gasteiger partial charge in [0.05, 0.1) is 13.7 Å². The minimum Gasteiger partial charge on any atom is -0.497 e. The second-order valence-corrected chi connectivity index (χ2v) is 4.34. The molecule has 0 spiro atoms. The predicted octanol–water partition coefficient (Wildman–Crippen LogP) is 0.146. The molecule has 0 radical (unpaired) electrons. The molecule has 0 saturated carbocycles. The van der Waals surface area contributed by atoms with Crippen LogP contribution in [0.1, 0.15) is 6.92 Å². The number of nitrogens with one attached hydrogen (secondary N) is 1. The number of anilines is 1. The number of aliphatic hydroxyl groups excluding tert-OH is 2. The molecule has 1 heterocycles. The number of aliphatic hydroxyl groups is 2. The third-order valence-corrected chi connectivity index (χ3v) is 3.07. The fourth-order valence-corrected chi connectivity index (χ4v) is 2.02. The molecule has 0 bridgehead atoms. The Hall–Kier alpha value is -2.25. The molecule has 0 aromatic heterocycles. The molecule has 114 valence electrons. The Balaban J connectivity index is 2.25. The van der Waals surface area contributed by atoms with Gasteiger partial charge in [0.15, 0.2) is 6.23 Å². The molecule has 0 aliphatic carbocycles. The van der Waals surface area contributed by atoms with Crippen molar-refractivity contribution in [3.63, 3.8) is 0 Å². The summed E-state index contributed by atoms with van der Waals surface area (Å²) in [6.07, 6.45) is -1.21. The van der Waals surface area contributed by atoms with Gasteiger partial charge in [0.2, 0.25) is 6.35 Å². The lowest BCUT2D eigenvalue weighted by Gasteiger charge is -2.38. The summed E-state index contributed by atoms with van der Waals surface area (Å²) in [4.78, 5) is 13.0. The van der Waals surface area contributed by atoms with Crippen LogP contribution in [0.2, 0.25) is 0 Å². The van der Waals surface area contributed by atoms with E-state index in [1.165, 1.54) is 11.1 Å². The molecule has 2 unspecified atom stereocenters. The third-order valence-electron chi connectivity index (χ3n) is 3.07. The van der Waals surface area contributed by atoms with Crippen molar-refractivity contribution in [1.29, 1.82) is 0 Å². The zero-order chi connectivity index (χ0) is 15.4. The SMILES string of the molecule is CCOC(=O)C1=CNC(O)N(c2ccc(OC)cc2)C1O. The van der Waals surface area contributed by atoms with Gasteiger partial charge in [-0.3, -0.25) is 4.90 Å². The van der Waals surface area contributed by atoms with Crippen LogP contribution in [0.3, 0.4) is 0 Å². The van der Waals surface area contributed by atoms with Crippen molar-refractivity contribution in [3.05, 3.63) is 36.0 Å². The molecule has 2 rings (SSSR count). The van der Waals surface area contributed by atoms with Crippen molar-refractivity contribution in [2.45, 2.75) is 19.5 Å². The highest BCUT2D eigenvalue weighted by molar-refractivity contribution is 5.90. The van der Waals surface area contributed by atoms with Crippen LogP contribution in [-0.4, -0.2) is 42.5 Å². The molecule has 0 amide bonds. The van der Waals surface area contributed by atoms with Gasteiger partial charge in [0.25, 0.3) is 0 Å². The van der Waals surface area contributed by atoms with E-state index in [-0.39, 0.29) is 12.2 Å². The second-order valence-electron chi connectivity index (χ2n) is 4.34. The summed E-state index contributed by atoms with van der Waals surface area (Å²) in [5, 5.41) is 22.9. The average molecular weight is 294 g/mol. The quantitative estimate of drug-likeness (QED) is 0.681. The maximum Gasteiger partial charge on any atom is 0.340 e. The minimum absolute atomic E-state index is 0.0259. The van der Waals surface area contributed by atoms with Crippen LogP contribution in [0.5, 0.6) is 5.75 Å². The highest BCUT2D eigenvalue weighted by Gasteiger charge is 2.34. The van der Waals surface area contributed by atoms with E-state index < -0.39 is 18.5 Å². The highest BCUT2D eigenvalue weighted by atomic mass is 16.5.